The van der Waals surface area contributed by atoms with E-state index < -0.39 is 0 Å². The van der Waals surface area contributed by atoms with Crippen molar-refractivity contribution in [3.63, 3.8) is 0 Å². The number of benzene rings is 2. The number of aromatic hydroxyl groups is 1. The molecule has 1 heteroatoms. The molecule has 0 radical (unpaired) electrons. The van der Waals surface area contributed by atoms with Gasteiger partial charge in [0, 0.05) is 0 Å². The average Bonchev–Trinajstić information content (AvgIpc) is 2.53. The van der Waals surface area contributed by atoms with Gasteiger partial charge in [0.1, 0.15) is 5.75 Å². The molecule has 1 N–H and O–H groups in total. The molecular formula is C30H46O. The standard InChI is InChI=1S/C30H46O/c1-19-22(27(2,3)4)15-20(16-23(19)28(5,6)7)14-21-17-24(29(8,9)10)26(31)25(18-21)30(11,12)13/h15-18,31H,14H2,1-13H3. The van der Waals surface area contributed by atoms with Crippen LogP contribution in [0.3, 0.4) is 0 Å². The van der Waals surface area contributed by atoms with Gasteiger partial charge < -0.3 is 5.11 Å². The minimum Gasteiger partial charge on any atom is -0.507 e. The Morgan fingerprint density at radius 1 is 0.516 bits per heavy atom. The Bertz CT molecular complexity index is 798. The Balaban J connectivity index is 2.73. The maximum Gasteiger partial charge on any atom is 0.123 e. The first-order valence-electron chi connectivity index (χ1n) is 11.7. The minimum absolute atomic E-state index is 0.0994. The molecule has 2 rings (SSSR count). The molecule has 0 amide bonds. The lowest BCUT2D eigenvalue weighted by Gasteiger charge is -2.30. The Kier molecular flexibility index (Phi) is 6.57. The van der Waals surface area contributed by atoms with Crippen LogP contribution in [0.4, 0.5) is 0 Å². The van der Waals surface area contributed by atoms with E-state index in [-0.39, 0.29) is 21.7 Å². The molecule has 172 valence electrons. The van der Waals surface area contributed by atoms with Crippen LogP contribution >= 0.6 is 0 Å². The van der Waals surface area contributed by atoms with Gasteiger partial charge in [-0.1, -0.05) is 107 Å². The summed E-state index contributed by atoms with van der Waals surface area (Å²) in [6.45, 7) is 29.2. The van der Waals surface area contributed by atoms with E-state index >= 15 is 0 Å². The molecule has 2 aromatic carbocycles. The van der Waals surface area contributed by atoms with Gasteiger partial charge in [-0.25, -0.2) is 0 Å². The Morgan fingerprint density at radius 3 is 1.03 bits per heavy atom. The molecule has 0 atom stereocenters. The molecule has 0 aliphatic rings. The van der Waals surface area contributed by atoms with Gasteiger partial charge in [0.2, 0.25) is 0 Å². The molecule has 0 bridgehead atoms. The second-order valence-corrected chi connectivity index (χ2v) is 13.5. The quantitative estimate of drug-likeness (QED) is 0.514. The van der Waals surface area contributed by atoms with Crippen molar-refractivity contribution in [3.8, 4) is 5.75 Å². The van der Waals surface area contributed by atoms with E-state index in [0.29, 0.717) is 5.75 Å². The van der Waals surface area contributed by atoms with Crippen LogP contribution in [-0.4, -0.2) is 5.11 Å². The molecule has 0 aliphatic carbocycles. The van der Waals surface area contributed by atoms with E-state index in [1.807, 2.05) is 0 Å². The number of rotatable bonds is 2. The number of hydrogen-bond acceptors (Lipinski definition) is 1. The molecule has 0 aliphatic heterocycles. The maximum atomic E-state index is 11.1. The molecular weight excluding hydrogens is 376 g/mol. The first-order chi connectivity index (χ1) is 13.7. The fourth-order valence-electron chi connectivity index (χ4n) is 4.61. The van der Waals surface area contributed by atoms with Crippen molar-refractivity contribution in [2.45, 2.75) is 118 Å². The van der Waals surface area contributed by atoms with Crippen molar-refractivity contribution in [2.75, 3.05) is 0 Å². The van der Waals surface area contributed by atoms with Gasteiger partial charge in [0.05, 0.1) is 0 Å². The summed E-state index contributed by atoms with van der Waals surface area (Å²) in [6, 6.07) is 9.26. The fourth-order valence-corrected chi connectivity index (χ4v) is 4.61. The molecule has 0 aromatic heterocycles. The second-order valence-electron chi connectivity index (χ2n) is 13.5. The third kappa shape index (κ3) is 5.73. The zero-order valence-corrected chi connectivity index (χ0v) is 22.5. The third-order valence-electron chi connectivity index (χ3n) is 6.28. The molecule has 0 fully saturated rings. The van der Waals surface area contributed by atoms with E-state index in [1.54, 1.807) is 0 Å². The molecule has 0 saturated carbocycles. The smallest absolute Gasteiger partial charge is 0.123 e. The molecule has 2 aromatic rings. The van der Waals surface area contributed by atoms with E-state index in [9.17, 15) is 5.11 Å². The molecule has 0 saturated heterocycles. The third-order valence-corrected chi connectivity index (χ3v) is 6.28. The fraction of sp³-hybridized carbons (Fsp3) is 0.600. The van der Waals surface area contributed by atoms with E-state index in [2.05, 4.69) is 114 Å². The number of phenolic OH excluding ortho intramolecular Hbond substituents is 1. The lowest BCUT2D eigenvalue weighted by molar-refractivity contribution is 0.423. The molecule has 1 nitrogen and oxygen atoms in total. The summed E-state index contributed by atoms with van der Waals surface area (Å²) in [4.78, 5) is 0. The van der Waals surface area contributed by atoms with E-state index in [0.717, 1.165) is 17.5 Å². The molecule has 0 unspecified atom stereocenters. The molecule has 0 spiro atoms. The topological polar surface area (TPSA) is 20.2 Å². The van der Waals surface area contributed by atoms with Gasteiger partial charge in [0.25, 0.3) is 0 Å². The van der Waals surface area contributed by atoms with Crippen molar-refractivity contribution < 1.29 is 5.11 Å². The van der Waals surface area contributed by atoms with Gasteiger partial charge in [-0.05, 0) is 73.9 Å². The van der Waals surface area contributed by atoms with Crippen molar-refractivity contribution in [1.82, 2.24) is 0 Å². The van der Waals surface area contributed by atoms with Crippen molar-refractivity contribution in [2.24, 2.45) is 0 Å². The highest BCUT2D eigenvalue weighted by Gasteiger charge is 2.28. The normalized spacial score (nSPS) is 13.6. The highest BCUT2D eigenvalue weighted by Crippen LogP contribution is 2.41. The summed E-state index contributed by atoms with van der Waals surface area (Å²) >= 11 is 0. The van der Waals surface area contributed by atoms with Crippen LogP contribution in [0.15, 0.2) is 24.3 Å². The zero-order chi connectivity index (χ0) is 24.2. The lowest BCUT2D eigenvalue weighted by Crippen LogP contribution is -2.20. The molecule has 0 heterocycles. The summed E-state index contributed by atoms with van der Waals surface area (Å²) in [6.07, 6.45) is 0.874. The van der Waals surface area contributed by atoms with Gasteiger partial charge >= 0.3 is 0 Å². The van der Waals surface area contributed by atoms with Gasteiger partial charge in [0.15, 0.2) is 0 Å². The van der Waals surface area contributed by atoms with E-state index in [4.69, 9.17) is 0 Å². The Morgan fingerprint density at radius 2 is 0.774 bits per heavy atom. The minimum atomic E-state index is -0.111. The van der Waals surface area contributed by atoms with Gasteiger partial charge in [-0.3, -0.25) is 0 Å². The summed E-state index contributed by atoms with van der Waals surface area (Å²) in [7, 11) is 0. The highest BCUT2D eigenvalue weighted by atomic mass is 16.3. The second kappa shape index (κ2) is 7.98. The number of hydrogen-bond donors (Lipinski definition) is 1. The Labute approximate surface area is 192 Å². The number of phenols is 1. The van der Waals surface area contributed by atoms with E-state index in [1.165, 1.54) is 27.8 Å². The first kappa shape index (κ1) is 25.5. The summed E-state index contributed by atoms with van der Waals surface area (Å²) in [5, 5.41) is 11.1. The van der Waals surface area contributed by atoms with Gasteiger partial charge in [-0.15, -0.1) is 0 Å². The van der Waals surface area contributed by atoms with Crippen molar-refractivity contribution in [3.05, 3.63) is 63.2 Å². The van der Waals surface area contributed by atoms with Crippen molar-refractivity contribution >= 4 is 0 Å². The van der Waals surface area contributed by atoms with Crippen LogP contribution in [0, 0.1) is 6.92 Å². The SMILES string of the molecule is Cc1c(C(C)(C)C)cc(Cc2cc(C(C)(C)C)c(O)c(C(C)(C)C)c2)cc1C(C)(C)C. The van der Waals surface area contributed by atoms with Crippen LogP contribution in [-0.2, 0) is 28.1 Å². The van der Waals surface area contributed by atoms with Crippen LogP contribution in [0.5, 0.6) is 5.75 Å². The van der Waals surface area contributed by atoms with Crippen LogP contribution in [0.1, 0.15) is 122 Å². The van der Waals surface area contributed by atoms with Crippen molar-refractivity contribution in [1.29, 1.82) is 0 Å². The monoisotopic (exact) mass is 422 g/mol. The lowest BCUT2D eigenvalue weighted by atomic mass is 9.74. The zero-order valence-electron chi connectivity index (χ0n) is 22.5. The van der Waals surface area contributed by atoms with Gasteiger partial charge in [-0.2, -0.15) is 0 Å². The van der Waals surface area contributed by atoms with Crippen LogP contribution in [0.2, 0.25) is 0 Å². The first-order valence-corrected chi connectivity index (χ1v) is 11.7. The Hall–Kier alpha value is -1.76. The summed E-state index contributed by atoms with van der Waals surface area (Å²) < 4.78 is 0. The maximum absolute atomic E-state index is 11.1. The average molecular weight is 423 g/mol. The highest BCUT2D eigenvalue weighted by molar-refractivity contribution is 5.52. The predicted octanol–water partition coefficient (Wildman–Crippen LogP) is 8.48. The predicted molar refractivity (Wildman–Crippen MR) is 137 cm³/mol. The van der Waals surface area contributed by atoms with Crippen LogP contribution in [0.25, 0.3) is 0 Å². The summed E-state index contributed by atoms with van der Waals surface area (Å²) in [5.41, 5.74) is 8.96. The largest absolute Gasteiger partial charge is 0.507 e. The van der Waals surface area contributed by atoms with Crippen LogP contribution < -0.4 is 0 Å². The molecule has 31 heavy (non-hydrogen) atoms. The summed E-state index contributed by atoms with van der Waals surface area (Å²) in [5.74, 6) is 0.457.